The van der Waals surface area contributed by atoms with Crippen LogP contribution in [0.2, 0.25) is 0 Å². The molecule has 0 aliphatic carbocycles. The highest BCUT2D eigenvalue weighted by Gasteiger charge is 2.19. The van der Waals surface area contributed by atoms with E-state index in [9.17, 15) is 4.79 Å². The van der Waals surface area contributed by atoms with Gasteiger partial charge in [0, 0.05) is 44.6 Å². The Labute approximate surface area is 121 Å². The Morgan fingerprint density at radius 1 is 1.30 bits per heavy atom. The molecule has 1 amide bonds. The van der Waals surface area contributed by atoms with Crippen molar-refractivity contribution in [3.8, 4) is 0 Å². The molecule has 0 aromatic carbocycles. The molecule has 0 radical (unpaired) electrons. The molecule has 0 spiro atoms. The Morgan fingerprint density at radius 2 is 1.95 bits per heavy atom. The lowest BCUT2D eigenvalue weighted by atomic mass is 10.3. The second kappa shape index (κ2) is 6.83. The molecule has 0 aliphatic rings. The lowest BCUT2D eigenvalue weighted by Crippen LogP contribution is -2.36. The predicted octanol–water partition coefficient (Wildman–Crippen LogP) is 1.44. The van der Waals surface area contributed by atoms with Gasteiger partial charge in [0.15, 0.2) is 4.96 Å². The fourth-order valence-corrected chi connectivity index (χ4v) is 2.70. The minimum atomic E-state index is -0.0901. The molecule has 2 aromatic rings. The molecule has 0 saturated heterocycles. The van der Waals surface area contributed by atoms with E-state index in [0.717, 1.165) is 4.96 Å². The van der Waals surface area contributed by atoms with Gasteiger partial charge in [-0.05, 0) is 6.92 Å². The minimum Gasteiger partial charge on any atom is -0.383 e. The maximum Gasteiger partial charge on any atom is 0.274 e. The fraction of sp³-hybridized carbons (Fsp3) is 0.538. The van der Waals surface area contributed by atoms with Gasteiger partial charge in [-0.25, -0.2) is 4.98 Å². The minimum absolute atomic E-state index is 0.0901. The van der Waals surface area contributed by atoms with Crippen LogP contribution in [0.25, 0.3) is 4.96 Å². The quantitative estimate of drug-likeness (QED) is 0.776. The molecule has 0 unspecified atom stereocenters. The Bertz CT molecular complexity index is 539. The van der Waals surface area contributed by atoms with E-state index in [0.29, 0.717) is 32.0 Å². The molecule has 2 rings (SSSR count). The average molecular weight is 297 g/mol. The number of rotatable bonds is 7. The summed E-state index contributed by atoms with van der Waals surface area (Å²) in [6.07, 6.45) is 3.74. The lowest BCUT2D eigenvalue weighted by molar-refractivity contribution is 0.0622. The van der Waals surface area contributed by atoms with Crippen molar-refractivity contribution in [3.05, 3.63) is 23.0 Å². The normalized spacial score (nSPS) is 11.2. The average Bonchev–Trinajstić information content (AvgIpc) is 2.95. The first-order valence-corrected chi connectivity index (χ1v) is 7.19. The number of methoxy groups -OCH3 is 2. The molecule has 0 bridgehead atoms. The Kier molecular flexibility index (Phi) is 5.11. The van der Waals surface area contributed by atoms with Crippen LogP contribution < -0.4 is 0 Å². The van der Waals surface area contributed by atoms with Crippen molar-refractivity contribution in [3.63, 3.8) is 0 Å². The monoisotopic (exact) mass is 297 g/mol. The van der Waals surface area contributed by atoms with Gasteiger partial charge in [0.2, 0.25) is 0 Å². The molecule has 110 valence electrons. The van der Waals surface area contributed by atoms with E-state index in [1.807, 2.05) is 17.5 Å². The number of nitrogens with zero attached hydrogens (tertiary/aromatic N) is 3. The summed E-state index contributed by atoms with van der Waals surface area (Å²) in [6, 6.07) is 0. The summed E-state index contributed by atoms with van der Waals surface area (Å²) in [4.78, 5) is 20.5. The van der Waals surface area contributed by atoms with Gasteiger partial charge in [-0.2, -0.15) is 0 Å². The summed E-state index contributed by atoms with van der Waals surface area (Å²) in [6.45, 7) is 4.07. The van der Waals surface area contributed by atoms with Crippen molar-refractivity contribution >= 4 is 22.2 Å². The van der Waals surface area contributed by atoms with E-state index in [-0.39, 0.29) is 5.91 Å². The maximum atomic E-state index is 12.5. The first kappa shape index (κ1) is 15.0. The van der Waals surface area contributed by atoms with E-state index in [2.05, 4.69) is 4.98 Å². The highest BCUT2D eigenvalue weighted by atomic mass is 32.1. The second-order valence-electron chi connectivity index (χ2n) is 4.44. The predicted molar refractivity (Wildman–Crippen MR) is 77.5 cm³/mol. The van der Waals surface area contributed by atoms with Crippen LogP contribution in [0.5, 0.6) is 0 Å². The van der Waals surface area contributed by atoms with Gasteiger partial charge >= 0.3 is 0 Å². The highest BCUT2D eigenvalue weighted by molar-refractivity contribution is 7.17. The van der Waals surface area contributed by atoms with E-state index in [1.54, 1.807) is 36.7 Å². The Balaban J connectivity index is 2.13. The number of hydrogen-bond donors (Lipinski definition) is 0. The molecular formula is C13H19N3O3S. The maximum absolute atomic E-state index is 12.5. The van der Waals surface area contributed by atoms with Crippen LogP contribution >= 0.6 is 11.3 Å². The molecule has 2 aromatic heterocycles. The number of ether oxygens (including phenoxy) is 2. The summed E-state index contributed by atoms with van der Waals surface area (Å²) < 4.78 is 12.0. The number of carbonyl (C=O) groups excluding carboxylic acids is 1. The van der Waals surface area contributed by atoms with Crippen LogP contribution in [0.15, 0.2) is 12.4 Å². The van der Waals surface area contributed by atoms with Crippen LogP contribution in [0.4, 0.5) is 0 Å². The molecule has 0 N–H and O–H groups in total. The second-order valence-corrected chi connectivity index (χ2v) is 5.65. The van der Waals surface area contributed by atoms with Crippen LogP contribution in [0.1, 0.15) is 15.4 Å². The van der Waals surface area contributed by atoms with E-state index in [1.165, 1.54) is 4.88 Å². The van der Waals surface area contributed by atoms with Gasteiger partial charge in [-0.3, -0.25) is 9.20 Å². The zero-order chi connectivity index (χ0) is 14.5. The van der Waals surface area contributed by atoms with Gasteiger partial charge < -0.3 is 14.4 Å². The third kappa shape index (κ3) is 3.36. The standard InChI is InChI=1S/C13H19N3O3S/c1-10-8-16-9-11(14-13(16)20-10)12(17)15(4-6-18-2)5-7-19-3/h8-9H,4-7H2,1-3H3. The van der Waals surface area contributed by atoms with Crippen LogP contribution in [0.3, 0.4) is 0 Å². The zero-order valence-electron chi connectivity index (χ0n) is 12.0. The van der Waals surface area contributed by atoms with Crippen molar-refractivity contribution in [2.45, 2.75) is 6.92 Å². The van der Waals surface area contributed by atoms with Gasteiger partial charge in [0.1, 0.15) is 5.69 Å². The lowest BCUT2D eigenvalue weighted by Gasteiger charge is -2.20. The summed E-state index contributed by atoms with van der Waals surface area (Å²) in [5, 5.41) is 0. The van der Waals surface area contributed by atoms with E-state index < -0.39 is 0 Å². The summed E-state index contributed by atoms with van der Waals surface area (Å²) in [5.74, 6) is -0.0901. The number of imidazole rings is 1. The molecule has 6 nitrogen and oxygen atoms in total. The molecule has 7 heteroatoms. The van der Waals surface area contributed by atoms with Crippen molar-refractivity contribution in [1.29, 1.82) is 0 Å². The fourth-order valence-electron chi connectivity index (χ4n) is 1.89. The van der Waals surface area contributed by atoms with Gasteiger partial charge in [0.05, 0.1) is 13.2 Å². The van der Waals surface area contributed by atoms with E-state index in [4.69, 9.17) is 9.47 Å². The van der Waals surface area contributed by atoms with Crippen LogP contribution in [0, 0.1) is 6.92 Å². The molecule has 0 aliphatic heterocycles. The van der Waals surface area contributed by atoms with E-state index >= 15 is 0 Å². The Morgan fingerprint density at radius 3 is 2.50 bits per heavy atom. The summed E-state index contributed by atoms with van der Waals surface area (Å²) >= 11 is 1.57. The molecule has 20 heavy (non-hydrogen) atoms. The molecule has 2 heterocycles. The van der Waals surface area contributed by atoms with Gasteiger partial charge in [0.25, 0.3) is 5.91 Å². The summed E-state index contributed by atoms with van der Waals surface area (Å²) in [7, 11) is 3.24. The smallest absolute Gasteiger partial charge is 0.274 e. The topological polar surface area (TPSA) is 56.1 Å². The first-order valence-electron chi connectivity index (χ1n) is 6.38. The van der Waals surface area contributed by atoms with Crippen LogP contribution in [-0.4, -0.2) is 60.7 Å². The zero-order valence-corrected chi connectivity index (χ0v) is 12.8. The molecule has 0 fully saturated rings. The number of aryl methyl sites for hydroxylation is 1. The van der Waals surface area contributed by atoms with Crippen LogP contribution in [-0.2, 0) is 9.47 Å². The molecule has 0 saturated carbocycles. The van der Waals surface area contributed by atoms with Gasteiger partial charge in [-0.15, -0.1) is 11.3 Å². The summed E-state index contributed by atoms with van der Waals surface area (Å²) in [5.41, 5.74) is 0.462. The molecule has 0 atom stereocenters. The number of fused-ring (bicyclic) bond motifs is 1. The number of carbonyl (C=O) groups is 1. The highest BCUT2D eigenvalue weighted by Crippen LogP contribution is 2.17. The number of thiazole rings is 1. The number of amides is 1. The Hall–Kier alpha value is -1.44. The third-order valence-electron chi connectivity index (χ3n) is 2.91. The third-order valence-corrected chi connectivity index (χ3v) is 3.82. The SMILES string of the molecule is COCCN(CCOC)C(=O)c1cn2cc(C)sc2n1. The van der Waals surface area contributed by atoms with Crippen molar-refractivity contribution < 1.29 is 14.3 Å². The van der Waals surface area contributed by atoms with Crippen molar-refractivity contribution in [2.75, 3.05) is 40.5 Å². The largest absolute Gasteiger partial charge is 0.383 e. The first-order chi connectivity index (χ1) is 9.65. The molecular weight excluding hydrogens is 278 g/mol. The van der Waals surface area contributed by atoms with Gasteiger partial charge in [-0.1, -0.05) is 0 Å². The van der Waals surface area contributed by atoms with Crippen molar-refractivity contribution in [2.24, 2.45) is 0 Å². The van der Waals surface area contributed by atoms with Crippen molar-refractivity contribution in [1.82, 2.24) is 14.3 Å². The number of hydrogen-bond acceptors (Lipinski definition) is 5. The number of aromatic nitrogens is 2.